The van der Waals surface area contributed by atoms with E-state index in [0.717, 1.165) is 5.56 Å². The molecule has 0 atom stereocenters. The molecule has 0 aromatic heterocycles. The average molecular weight is 280 g/mol. The van der Waals surface area contributed by atoms with E-state index in [2.05, 4.69) is 0 Å². The standard InChI is InChI=1S/C13H10ClNO4/c1-8-6-9(14)2-5-13(8)19-10-3-4-11(15(17)18)12(16)7-10/h2-7,16H,1H3. The van der Waals surface area contributed by atoms with Gasteiger partial charge in [-0.1, -0.05) is 11.6 Å². The molecule has 5 nitrogen and oxygen atoms in total. The van der Waals surface area contributed by atoms with Crippen LogP contribution in [0.5, 0.6) is 17.2 Å². The summed E-state index contributed by atoms with van der Waals surface area (Å²) >= 11 is 5.83. The van der Waals surface area contributed by atoms with Crippen molar-refractivity contribution in [1.29, 1.82) is 0 Å². The Labute approximate surface area is 114 Å². The first-order chi connectivity index (χ1) is 8.97. The Balaban J connectivity index is 2.29. The van der Waals surface area contributed by atoms with Gasteiger partial charge in [0.1, 0.15) is 11.5 Å². The van der Waals surface area contributed by atoms with Crippen LogP contribution < -0.4 is 4.74 Å². The van der Waals surface area contributed by atoms with Gasteiger partial charge in [0.15, 0.2) is 5.75 Å². The van der Waals surface area contributed by atoms with Gasteiger partial charge in [-0.25, -0.2) is 0 Å². The highest BCUT2D eigenvalue weighted by atomic mass is 35.5. The van der Waals surface area contributed by atoms with E-state index in [0.29, 0.717) is 16.5 Å². The van der Waals surface area contributed by atoms with Gasteiger partial charge in [-0.15, -0.1) is 0 Å². The highest BCUT2D eigenvalue weighted by Gasteiger charge is 2.14. The molecule has 98 valence electrons. The summed E-state index contributed by atoms with van der Waals surface area (Å²) in [5.41, 5.74) is 0.463. The molecule has 0 amide bonds. The SMILES string of the molecule is Cc1cc(Cl)ccc1Oc1ccc([N+](=O)[O-])c(O)c1. The molecule has 2 aromatic carbocycles. The number of hydrogen-bond acceptors (Lipinski definition) is 4. The topological polar surface area (TPSA) is 72.6 Å². The van der Waals surface area contributed by atoms with Gasteiger partial charge >= 0.3 is 5.69 Å². The van der Waals surface area contributed by atoms with Crippen LogP contribution in [0.4, 0.5) is 5.69 Å². The number of phenols is 1. The molecule has 0 radical (unpaired) electrons. The number of nitro groups is 1. The monoisotopic (exact) mass is 279 g/mol. The van der Waals surface area contributed by atoms with E-state index in [1.54, 1.807) is 18.2 Å². The zero-order valence-corrected chi connectivity index (χ0v) is 10.7. The molecule has 0 aliphatic heterocycles. The minimum absolute atomic E-state index is 0.313. The lowest BCUT2D eigenvalue weighted by Gasteiger charge is -2.09. The Morgan fingerprint density at radius 2 is 2.00 bits per heavy atom. The number of aryl methyl sites for hydroxylation is 1. The number of nitrogens with zero attached hydrogens (tertiary/aromatic N) is 1. The van der Waals surface area contributed by atoms with Gasteiger partial charge in [-0.05, 0) is 36.8 Å². The summed E-state index contributed by atoms with van der Waals surface area (Å²) in [5, 5.41) is 20.7. The van der Waals surface area contributed by atoms with Crippen LogP contribution in [0.25, 0.3) is 0 Å². The van der Waals surface area contributed by atoms with Crippen molar-refractivity contribution in [2.75, 3.05) is 0 Å². The molecule has 2 rings (SSSR count). The van der Waals surface area contributed by atoms with E-state index in [1.807, 2.05) is 6.92 Å². The summed E-state index contributed by atoms with van der Waals surface area (Å²) in [4.78, 5) is 9.91. The van der Waals surface area contributed by atoms with Crippen molar-refractivity contribution in [2.45, 2.75) is 6.92 Å². The molecule has 0 fully saturated rings. The van der Waals surface area contributed by atoms with Crippen LogP contribution in [0.15, 0.2) is 36.4 Å². The number of aromatic hydroxyl groups is 1. The predicted octanol–water partition coefficient (Wildman–Crippen LogP) is 4.05. The van der Waals surface area contributed by atoms with Crippen molar-refractivity contribution in [1.82, 2.24) is 0 Å². The highest BCUT2D eigenvalue weighted by Crippen LogP contribution is 2.33. The summed E-state index contributed by atoms with van der Waals surface area (Å²) < 4.78 is 5.54. The Morgan fingerprint density at radius 1 is 1.26 bits per heavy atom. The number of halogens is 1. The molecule has 1 N–H and O–H groups in total. The lowest BCUT2D eigenvalue weighted by Crippen LogP contribution is -1.91. The van der Waals surface area contributed by atoms with Gasteiger partial charge in [-0.2, -0.15) is 0 Å². The number of phenolic OH excluding ortho intramolecular Hbond substituents is 1. The second-order valence-corrected chi connectivity index (χ2v) is 4.36. The minimum Gasteiger partial charge on any atom is -0.502 e. The van der Waals surface area contributed by atoms with Crippen LogP contribution in [0.3, 0.4) is 0 Å². The smallest absolute Gasteiger partial charge is 0.310 e. The molecule has 0 aliphatic carbocycles. The molecule has 0 heterocycles. The third-order valence-corrected chi connectivity index (χ3v) is 2.74. The average Bonchev–Trinajstić information content (AvgIpc) is 2.32. The summed E-state index contributed by atoms with van der Waals surface area (Å²) in [6, 6.07) is 8.92. The van der Waals surface area contributed by atoms with E-state index in [1.165, 1.54) is 18.2 Å². The molecular formula is C13H10ClNO4. The number of hydrogen-bond donors (Lipinski definition) is 1. The van der Waals surface area contributed by atoms with Crippen LogP contribution in [-0.2, 0) is 0 Å². The van der Waals surface area contributed by atoms with Crippen LogP contribution >= 0.6 is 11.6 Å². The molecule has 2 aromatic rings. The van der Waals surface area contributed by atoms with E-state index >= 15 is 0 Å². The highest BCUT2D eigenvalue weighted by molar-refractivity contribution is 6.30. The van der Waals surface area contributed by atoms with Crippen molar-refractivity contribution < 1.29 is 14.8 Å². The fourth-order valence-electron chi connectivity index (χ4n) is 1.58. The zero-order chi connectivity index (χ0) is 14.0. The normalized spacial score (nSPS) is 10.2. The van der Waals surface area contributed by atoms with Gasteiger partial charge in [0.25, 0.3) is 0 Å². The summed E-state index contributed by atoms with van der Waals surface area (Å²) in [6.45, 7) is 1.83. The van der Waals surface area contributed by atoms with E-state index in [4.69, 9.17) is 16.3 Å². The van der Waals surface area contributed by atoms with Crippen molar-refractivity contribution in [3.8, 4) is 17.2 Å². The Morgan fingerprint density at radius 3 is 2.58 bits per heavy atom. The first-order valence-electron chi connectivity index (χ1n) is 5.39. The van der Waals surface area contributed by atoms with Gasteiger partial charge in [0.05, 0.1) is 4.92 Å². The summed E-state index contributed by atoms with van der Waals surface area (Å²) in [7, 11) is 0. The first-order valence-corrected chi connectivity index (χ1v) is 5.76. The molecule has 0 spiro atoms. The maximum Gasteiger partial charge on any atom is 0.310 e. The minimum atomic E-state index is -0.660. The summed E-state index contributed by atoms with van der Waals surface area (Å²) in [6.07, 6.45) is 0. The fourth-order valence-corrected chi connectivity index (χ4v) is 1.80. The third kappa shape index (κ3) is 2.95. The molecule has 19 heavy (non-hydrogen) atoms. The second-order valence-electron chi connectivity index (χ2n) is 3.92. The van der Waals surface area contributed by atoms with Crippen molar-refractivity contribution >= 4 is 17.3 Å². The first kappa shape index (κ1) is 13.2. The Bertz CT molecular complexity index is 643. The Kier molecular flexibility index (Phi) is 3.57. The van der Waals surface area contributed by atoms with Crippen LogP contribution in [0.2, 0.25) is 5.02 Å². The second kappa shape index (κ2) is 5.16. The number of ether oxygens (including phenoxy) is 1. The Hall–Kier alpha value is -2.27. The molecular weight excluding hydrogens is 270 g/mol. The van der Waals surface area contributed by atoms with Crippen molar-refractivity contribution in [3.63, 3.8) is 0 Å². The van der Waals surface area contributed by atoms with Crippen molar-refractivity contribution in [3.05, 3.63) is 57.1 Å². The lowest BCUT2D eigenvalue weighted by atomic mass is 10.2. The fraction of sp³-hybridized carbons (Fsp3) is 0.0769. The van der Waals surface area contributed by atoms with Gasteiger partial charge < -0.3 is 9.84 Å². The summed E-state index contributed by atoms with van der Waals surface area (Å²) in [5.74, 6) is 0.445. The van der Waals surface area contributed by atoms with Gasteiger partial charge in [-0.3, -0.25) is 10.1 Å². The van der Waals surface area contributed by atoms with E-state index in [9.17, 15) is 15.2 Å². The molecule has 0 saturated carbocycles. The number of nitro benzene ring substituents is 1. The molecule has 6 heteroatoms. The lowest BCUT2D eigenvalue weighted by molar-refractivity contribution is -0.385. The van der Waals surface area contributed by atoms with Crippen LogP contribution in [-0.4, -0.2) is 10.0 Å². The van der Waals surface area contributed by atoms with E-state index in [-0.39, 0.29) is 5.69 Å². The quantitative estimate of drug-likeness (QED) is 0.679. The maximum atomic E-state index is 10.6. The zero-order valence-electron chi connectivity index (χ0n) is 9.96. The maximum absolute atomic E-state index is 10.6. The largest absolute Gasteiger partial charge is 0.502 e. The van der Waals surface area contributed by atoms with E-state index < -0.39 is 10.7 Å². The predicted molar refractivity (Wildman–Crippen MR) is 71.0 cm³/mol. The van der Waals surface area contributed by atoms with Gasteiger partial charge in [0.2, 0.25) is 0 Å². The van der Waals surface area contributed by atoms with Crippen molar-refractivity contribution in [2.24, 2.45) is 0 Å². The van der Waals surface area contributed by atoms with Gasteiger partial charge in [0, 0.05) is 17.2 Å². The van der Waals surface area contributed by atoms with Crippen LogP contribution in [0.1, 0.15) is 5.56 Å². The molecule has 0 saturated heterocycles. The number of benzene rings is 2. The molecule has 0 aliphatic rings. The number of rotatable bonds is 3. The third-order valence-electron chi connectivity index (χ3n) is 2.51. The van der Waals surface area contributed by atoms with Crippen LogP contribution in [0, 0.1) is 17.0 Å². The molecule has 0 bridgehead atoms. The molecule has 0 unspecified atom stereocenters.